The molecule has 1 aliphatic heterocycles. The van der Waals surface area contributed by atoms with Crippen molar-refractivity contribution >= 4 is 5.91 Å². The van der Waals surface area contributed by atoms with Crippen LogP contribution in [0.25, 0.3) is 0 Å². The summed E-state index contributed by atoms with van der Waals surface area (Å²) in [4.78, 5) is 11.7. The second-order valence-corrected chi connectivity index (χ2v) is 4.83. The maximum atomic E-state index is 11.7. The maximum absolute atomic E-state index is 11.7. The quantitative estimate of drug-likeness (QED) is 0.681. The SMILES string of the molecule is CC(C)CCCNC(=O)[C@@H]1CCCCN1. The van der Waals surface area contributed by atoms with E-state index in [9.17, 15) is 4.79 Å². The van der Waals surface area contributed by atoms with Crippen LogP contribution in [0.1, 0.15) is 46.0 Å². The van der Waals surface area contributed by atoms with E-state index in [1.165, 1.54) is 19.3 Å². The zero-order valence-corrected chi connectivity index (χ0v) is 10.0. The molecule has 1 heterocycles. The van der Waals surface area contributed by atoms with E-state index in [0.717, 1.165) is 31.8 Å². The van der Waals surface area contributed by atoms with Crippen molar-refractivity contribution in [1.29, 1.82) is 0 Å². The van der Waals surface area contributed by atoms with Gasteiger partial charge in [0.2, 0.25) is 5.91 Å². The van der Waals surface area contributed by atoms with Crippen molar-refractivity contribution in [3.63, 3.8) is 0 Å². The average molecular weight is 212 g/mol. The van der Waals surface area contributed by atoms with Crippen LogP contribution in [0.5, 0.6) is 0 Å². The van der Waals surface area contributed by atoms with E-state index < -0.39 is 0 Å². The molecular weight excluding hydrogens is 188 g/mol. The Bertz CT molecular complexity index is 186. The second-order valence-electron chi connectivity index (χ2n) is 4.83. The van der Waals surface area contributed by atoms with Gasteiger partial charge in [-0.1, -0.05) is 20.3 Å². The summed E-state index contributed by atoms with van der Waals surface area (Å²) in [7, 11) is 0. The van der Waals surface area contributed by atoms with Gasteiger partial charge in [0, 0.05) is 6.54 Å². The second kappa shape index (κ2) is 6.83. The Morgan fingerprint density at radius 1 is 1.47 bits per heavy atom. The van der Waals surface area contributed by atoms with Crippen LogP contribution < -0.4 is 10.6 Å². The van der Waals surface area contributed by atoms with Gasteiger partial charge < -0.3 is 10.6 Å². The van der Waals surface area contributed by atoms with Crippen LogP contribution in [0, 0.1) is 5.92 Å². The highest BCUT2D eigenvalue weighted by atomic mass is 16.2. The van der Waals surface area contributed by atoms with E-state index in [0.29, 0.717) is 0 Å². The fourth-order valence-electron chi connectivity index (χ4n) is 1.92. The van der Waals surface area contributed by atoms with Gasteiger partial charge in [0.05, 0.1) is 6.04 Å². The van der Waals surface area contributed by atoms with Crippen molar-refractivity contribution in [3.05, 3.63) is 0 Å². The number of carbonyl (C=O) groups is 1. The molecule has 0 radical (unpaired) electrons. The average Bonchev–Trinajstić information content (AvgIpc) is 2.25. The molecule has 1 saturated heterocycles. The monoisotopic (exact) mass is 212 g/mol. The molecule has 1 amide bonds. The zero-order chi connectivity index (χ0) is 11.1. The molecule has 0 unspecified atom stereocenters. The highest BCUT2D eigenvalue weighted by Gasteiger charge is 2.19. The number of hydrogen-bond donors (Lipinski definition) is 2. The summed E-state index contributed by atoms with van der Waals surface area (Å²) >= 11 is 0. The first-order chi connectivity index (χ1) is 7.20. The van der Waals surface area contributed by atoms with Gasteiger partial charge in [-0.3, -0.25) is 4.79 Å². The van der Waals surface area contributed by atoms with Crippen molar-refractivity contribution in [2.75, 3.05) is 13.1 Å². The fourth-order valence-corrected chi connectivity index (χ4v) is 1.92. The van der Waals surface area contributed by atoms with E-state index in [1.54, 1.807) is 0 Å². The molecule has 0 aromatic carbocycles. The Kier molecular flexibility index (Phi) is 5.69. The zero-order valence-electron chi connectivity index (χ0n) is 10.0. The van der Waals surface area contributed by atoms with Gasteiger partial charge >= 0.3 is 0 Å². The Balaban J connectivity index is 2.07. The highest BCUT2D eigenvalue weighted by Crippen LogP contribution is 2.07. The number of rotatable bonds is 5. The summed E-state index contributed by atoms with van der Waals surface area (Å²) in [6.45, 7) is 6.24. The van der Waals surface area contributed by atoms with E-state index in [-0.39, 0.29) is 11.9 Å². The van der Waals surface area contributed by atoms with Crippen LogP contribution in [-0.2, 0) is 4.79 Å². The molecule has 1 aliphatic rings. The summed E-state index contributed by atoms with van der Waals surface area (Å²) in [5.74, 6) is 0.924. The lowest BCUT2D eigenvalue weighted by molar-refractivity contribution is -0.123. The third-order valence-corrected chi connectivity index (χ3v) is 2.88. The lowest BCUT2D eigenvalue weighted by Crippen LogP contribution is -2.46. The lowest BCUT2D eigenvalue weighted by Gasteiger charge is -2.22. The molecule has 0 aliphatic carbocycles. The molecule has 0 saturated carbocycles. The lowest BCUT2D eigenvalue weighted by atomic mass is 10.0. The molecule has 1 atom stereocenters. The topological polar surface area (TPSA) is 41.1 Å². The summed E-state index contributed by atoms with van der Waals surface area (Å²) in [5, 5.41) is 6.26. The molecule has 0 aromatic heterocycles. The standard InChI is InChI=1S/C12H24N2O/c1-10(2)6-5-9-14-12(15)11-7-3-4-8-13-11/h10-11,13H,3-9H2,1-2H3,(H,14,15)/t11-/m0/s1. The van der Waals surface area contributed by atoms with E-state index in [4.69, 9.17) is 0 Å². The van der Waals surface area contributed by atoms with Crippen molar-refractivity contribution in [2.45, 2.75) is 52.0 Å². The van der Waals surface area contributed by atoms with Crippen LogP contribution in [0.4, 0.5) is 0 Å². The summed E-state index contributed by atoms with van der Waals surface area (Å²) in [6.07, 6.45) is 5.67. The molecule has 1 fully saturated rings. The van der Waals surface area contributed by atoms with Gasteiger partial charge in [0.15, 0.2) is 0 Å². The first kappa shape index (κ1) is 12.5. The molecule has 1 rings (SSSR count). The minimum absolute atomic E-state index is 0.0674. The molecular formula is C12H24N2O. The number of piperidine rings is 1. The molecule has 3 heteroatoms. The molecule has 0 spiro atoms. The van der Waals surface area contributed by atoms with Crippen LogP contribution in [0.15, 0.2) is 0 Å². The van der Waals surface area contributed by atoms with Gasteiger partial charge in [-0.05, 0) is 38.1 Å². The molecule has 88 valence electrons. The first-order valence-corrected chi connectivity index (χ1v) is 6.21. The third-order valence-electron chi connectivity index (χ3n) is 2.88. The van der Waals surface area contributed by atoms with Crippen LogP contribution >= 0.6 is 0 Å². The van der Waals surface area contributed by atoms with Gasteiger partial charge in [-0.2, -0.15) is 0 Å². The van der Waals surface area contributed by atoms with Crippen molar-refractivity contribution < 1.29 is 4.79 Å². The number of carbonyl (C=O) groups excluding carboxylic acids is 1. The Morgan fingerprint density at radius 2 is 2.27 bits per heavy atom. The van der Waals surface area contributed by atoms with Crippen LogP contribution in [0.3, 0.4) is 0 Å². The van der Waals surface area contributed by atoms with E-state index in [2.05, 4.69) is 24.5 Å². The molecule has 0 aromatic rings. The van der Waals surface area contributed by atoms with E-state index in [1.807, 2.05) is 0 Å². The highest BCUT2D eigenvalue weighted by molar-refractivity contribution is 5.81. The Morgan fingerprint density at radius 3 is 2.87 bits per heavy atom. The largest absolute Gasteiger partial charge is 0.355 e. The van der Waals surface area contributed by atoms with Crippen LogP contribution in [0.2, 0.25) is 0 Å². The van der Waals surface area contributed by atoms with Crippen molar-refractivity contribution in [2.24, 2.45) is 5.92 Å². The summed E-state index contributed by atoms with van der Waals surface area (Å²) < 4.78 is 0. The summed E-state index contributed by atoms with van der Waals surface area (Å²) in [5.41, 5.74) is 0. The molecule has 2 N–H and O–H groups in total. The fraction of sp³-hybridized carbons (Fsp3) is 0.917. The van der Waals surface area contributed by atoms with E-state index >= 15 is 0 Å². The van der Waals surface area contributed by atoms with Crippen LogP contribution in [-0.4, -0.2) is 25.0 Å². The van der Waals surface area contributed by atoms with Gasteiger partial charge in [0.25, 0.3) is 0 Å². The number of hydrogen-bond acceptors (Lipinski definition) is 2. The van der Waals surface area contributed by atoms with Gasteiger partial charge in [0.1, 0.15) is 0 Å². The predicted molar refractivity (Wildman–Crippen MR) is 62.7 cm³/mol. The molecule has 3 nitrogen and oxygen atoms in total. The summed E-state index contributed by atoms with van der Waals surface area (Å²) in [6, 6.07) is 0.0674. The number of amides is 1. The number of nitrogens with one attached hydrogen (secondary N) is 2. The van der Waals surface area contributed by atoms with Gasteiger partial charge in [-0.25, -0.2) is 0 Å². The normalized spacial score (nSPS) is 21.7. The third kappa shape index (κ3) is 5.17. The van der Waals surface area contributed by atoms with Gasteiger partial charge in [-0.15, -0.1) is 0 Å². The minimum Gasteiger partial charge on any atom is -0.355 e. The first-order valence-electron chi connectivity index (χ1n) is 6.21. The molecule has 15 heavy (non-hydrogen) atoms. The maximum Gasteiger partial charge on any atom is 0.237 e. The van der Waals surface area contributed by atoms with Crippen molar-refractivity contribution in [1.82, 2.24) is 10.6 Å². The molecule has 0 bridgehead atoms. The minimum atomic E-state index is 0.0674. The Hall–Kier alpha value is -0.570. The Labute approximate surface area is 93.0 Å². The predicted octanol–water partition coefficient (Wildman–Crippen LogP) is 1.68. The smallest absolute Gasteiger partial charge is 0.237 e. The van der Waals surface area contributed by atoms with Crippen molar-refractivity contribution in [3.8, 4) is 0 Å².